The van der Waals surface area contributed by atoms with Gasteiger partial charge in [-0.2, -0.15) is 0 Å². The fourth-order valence-corrected chi connectivity index (χ4v) is 4.40. The molecule has 1 N–H and O–H groups in total. The molecule has 9 heteroatoms. The van der Waals surface area contributed by atoms with Crippen LogP contribution in [0.1, 0.15) is 5.56 Å². The molecule has 28 heavy (non-hydrogen) atoms. The highest BCUT2D eigenvalue weighted by molar-refractivity contribution is 8.00. The second-order valence-corrected chi connectivity index (χ2v) is 7.44. The number of rotatable bonds is 8. The van der Waals surface area contributed by atoms with Gasteiger partial charge in [0, 0.05) is 11.6 Å². The fourth-order valence-electron chi connectivity index (χ4n) is 2.98. The summed E-state index contributed by atoms with van der Waals surface area (Å²) in [6.45, 7) is 0.0642. The summed E-state index contributed by atoms with van der Waals surface area (Å²) in [7, 11) is 1.58. The zero-order valence-corrected chi connectivity index (χ0v) is 16.7. The molecule has 2 heterocycles. The van der Waals surface area contributed by atoms with Crippen molar-refractivity contribution in [3.63, 3.8) is 0 Å². The van der Waals surface area contributed by atoms with Crippen LogP contribution in [-0.4, -0.2) is 53.3 Å². The minimum atomic E-state index is -0.634. The van der Waals surface area contributed by atoms with Gasteiger partial charge in [-0.3, -0.25) is 14.5 Å². The van der Waals surface area contributed by atoms with Crippen molar-refractivity contribution in [2.24, 2.45) is 0 Å². The molecule has 2 atom stereocenters. The van der Waals surface area contributed by atoms with E-state index in [2.05, 4.69) is 5.32 Å². The Labute approximate surface area is 171 Å². The van der Waals surface area contributed by atoms with Crippen molar-refractivity contribution in [2.45, 2.75) is 18.0 Å². The summed E-state index contributed by atoms with van der Waals surface area (Å²) in [6.07, 6.45) is 3.93. The second kappa shape index (κ2) is 9.16. The van der Waals surface area contributed by atoms with Crippen LogP contribution in [-0.2, 0) is 25.7 Å². The number of fused-ring (bicyclic) bond motifs is 1. The number of esters is 1. The average molecular weight is 423 g/mol. The molecule has 7 nitrogen and oxygen atoms in total. The van der Waals surface area contributed by atoms with Crippen LogP contribution >= 0.6 is 23.4 Å². The van der Waals surface area contributed by atoms with Crippen LogP contribution in [0.25, 0.3) is 0 Å². The Morgan fingerprint density at radius 2 is 2.14 bits per heavy atom. The maximum absolute atomic E-state index is 12.8. The Kier molecular flexibility index (Phi) is 6.64. The monoisotopic (exact) mass is 422 g/mol. The maximum Gasteiger partial charge on any atom is 0.355 e. The number of carbonyl (C=O) groups excluding carboxylic acids is 3. The largest absolute Gasteiger partial charge is 0.497 e. The zero-order valence-electron chi connectivity index (χ0n) is 15.1. The van der Waals surface area contributed by atoms with E-state index in [-0.39, 0.29) is 29.5 Å². The Bertz CT molecular complexity index is 824. The first kappa shape index (κ1) is 20.3. The molecule has 2 amide bonds. The molecule has 3 rings (SSSR count). The smallest absolute Gasteiger partial charge is 0.355 e. The highest BCUT2D eigenvalue weighted by Crippen LogP contribution is 2.40. The molecule has 2 aliphatic heterocycles. The van der Waals surface area contributed by atoms with Crippen molar-refractivity contribution in [1.29, 1.82) is 0 Å². The van der Waals surface area contributed by atoms with E-state index in [1.807, 2.05) is 0 Å². The Balaban J connectivity index is 1.78. The standard InChI is InChI=1S/C19H19ClN2O5S/c1-26-14-6-4-12(5-7-14)9-27-19(25)16-13(3-2-8-20)10-28-18-15(21-11-23)17(24)22(16)18/h2-7,11,15,18H,8-10H2,1H3,(H,21,23)/b3-2+/t15-,18-/m1/s1. The molecular formula is C19H19ClN2O5S. The second-order valence-electron chi connectivity index (χ2n) is 6.03. The number of hydrogen-bond donors (Lipinski definition) is 1. The van der Waals surface area contributed by atoms with Gasteiger partial charge in [-0.05, 0) is 23.3 Å². The first-order chi connectivity index (χ1) is 13.6. The maximum atomic E-state index is 12.8. The number of β-lactam (4-membered cyclic amide) rings is 1. The minimum Gasteiger partial charge on any atom is -0.497 e. The van der Waals surface area contributed by atoms with Gasteiger partial charge < -0.3 is 14.8 Å². The molecule has 1 aromatic carbocycles. The van der Waals surface area contributed by atoms with Gasteiger partial charge in [-0.25, -0.2) is 4.79 Å². The number of hydrogen-bond acceptors (Lipinski definition) is 6. The highest BCUT2D eigenvalue weighted by Gasteiger charge is 2.53. The third-order valence-corrected chi connectivity index (χ3v) is 5.86. The van der Waals surface area contributed by atoms with E-state index in [0.717, 1.165) is 5.56 Å². The van der Waals surface area contributed by atoms with E-state index >= 15 is 0 Å². The lowest BCUT2D eigenvalue weighted by Gasteiger charge is -2.49. The number of thioether (sulfide) groups is 1. The predicted molar refractivity (Wildman–Crippen MR) is 106 cm³/mol. The molecule has 0 radical (unpaired) electrons. The average Bonchev–Trinajstić information content (AvgIpc) is 2.73. The molecule has 0 aromatic heterocycles. The summed E-state index contributed by atoms with van der Waals surface area (Å²) < 4.78 is 10.6. The zero-order chi connectivity index (χ0) is 20.1. The first-order valence-corrected chi connectivity index (χ1v) is 10.1. The summed E-state index contributed by atoms with van der Waals surface area (Å²) in [5, 5.41) is 2.17. The number of nitrogens with zero attached hydrogens (tertiary/aromatic N) is 1. The van der Waals surface area contributed by atoms with E-state index in [4.69, 9.17) is 21.1 Å². The van der Waals surface area contributed by atoms with Crippen molar-refractivity contribution in [3.8, 4) is 5.75 Å². The normalized spacial score (nSPS) is 21.2. The quantitative estimate of drug-likeness (QED) is 0.298. The van der Waals surface area contributed by atoms with E-state index in [9.17, 15) is 14.4 Å². The highest BCUT2D eigenvalue weighted by atomic mass is 35.5. The predicted octanol–water partition coefficient (Wildman–Crippen LogP) is 1.82. The number of methoxy groups -OCH3 is 1. The van der Waals surface area contributed by atoms with Gasteiger partial charge in [0.1, 0.15) is 29.5 Å². The number of ether oxygens (including phenoxy) is 2. The molecule has 0 bridgehead atoms. The number of amides is 2. The molecule has 1 fully saturated rings. The van der Waals surface area contributed by atoms with Crippen LogP contribution in [0, 0.1) is 0 Å². The molecule has 1 aromatic rings. The summed E-state index contributed by atoms with van der Waals surface area (Å²) >= 11 is 7.19. The number of benzene rings is 1. The van der Waals surface area contributed by atoms with Gasteiger partial charge >= 0.3 is 5.97 Å². The summed E-state index contributed by atoms with van der Waals surface area (Å²) in [6, 6.07) is 6.52. The summed E-state index contributed by atoms with van der Waals surface area (Å²) in [5.41, 5.74) is 1.66. The third-order valence-electron chi connectivity index (χ3n) is 4.38. The molecule has 148 valence electrons. The van der Waals surface area contributed by atoms with Gasteiger partial charge in [0.25, 0.3) is 5.91 Å². The summed E-state index contributed by atoms with van der Waals surface area (Å²) in [5.74, 6) is 0.574. The molecule has 0 saturated carbocycles. The number of nitrogens with one attached hydrogen (secondary N) is 1. The van der Waals surface area contributed by atoms with Crippen molar-refractivity contribution in [2.75, 3.05) is 18.7 Å². The molecular weight excluding hydrogens is 404 g/mol. The van der Waals surface area contributed by atoms with E-state index in [1.165, 1.54) is 16.7 Å². The number of halogens is 1. The van der Waals surface area contributed by atoms with Gasteiger partial charge in [-0.1, -0.05) is 24.3 Å². The molecule has 0 aliphatic carbocycles. The Hall–Kier alpha value is -2.45. The van der Waals surface area contributed by atoms with E-state index in [0.29, 0.717) is 23.5 Å². The van der Waals surface area contributed by atoms with Gasteiger partial charge in [0.05, 0.1) is 7.11 Å². The van der Waals surface area contributed by atoms with E-state index in [1.54, 1.807) is 43.5 Å². The lowest BCUT2D eigenvalue weighted by molar-refractivity contribution is -0.152. The number of carbonyl (C=O) groups is 3. The molecule has 0 spiro atoms. The number of alkyl halides is 1. The van der Waals surface area contributed by atoms with Crippen molar-refractivity contribution in [1.82, 2.24) is 10.2 Å². The fraction of sp³-hybridized carbons (Fsp3) is 0.316. The molecule has 0 unspecified atom stereocenters. The van der Waals surface area contributed by atoms with Gasteiger partial charge in [0.15, 0.2) is 0 Å². The van der Waals surface area contributed by atoms with Crippen LogP contribution in [0.4, 0.5) is 0 Å². The van der Waals surface area contributed by atoms with E-state index < -0.39 is 12.0 Å². The van der Waals surface area contributed by atoms with Crippen LogP contribution in [0.2, 0.25) is 0 Å². The Morgan fingerprint density at radius 1 is 1.39 bits per heavy atom. The topological polar surface area (TPSA) is 84.9 Å². The number of allylic oxidation sites excluding steroid dienone is 2. The molecule has 2 aliphatic rings. The lowest BCUT2D eigenvalue weighted by Crippen LogP contribution is -2.69. The lowest BCUT2D eigenvalue weighted by atomic mass is 10.0. The van der Waals surface area contributed by atoms with Gasteiger partial charge in [-0.15, -0.1) is 23.4 Å². The van der Waals surface area contributed by atoms with Crippen LogP contribution in [0.5, 0.6) is 5.75 Å². The third kappa shape index (κ3) is 4.02. The SMILES string of the molecule is COc1ccc(COC(=O)C2=C(/C=C/CCl)CS[C@@H]3[C@H](NC=O)C(=O)N23)cc1. The van der Waals surface area contributed by atoms with Crippen molar-refractivity contribution >= 4 is 41.6 Å². The van der Waals surface area contributed by atoms with Gasteiger partial charge in [0.2, 0.25) is 6.41 Å². The van der Waals surface area contributed by atoms with Crippen molar-refractivity contribution in [3.05, 3.63) is 53.3 Å². The van der Waals surface area contributed by atoms with Crippen LogP contribution in [0.15, 0.2) is 47.7 Å². The molecule has 1 saturated heterocycles. The summed E-state index contributed by atoms with van der Waals surface area (Å²) in [4.78, 5) is 37.4. The Morgan fingerprint density at radius 3 is 2.79 bits per heavy atom. The minimum absolute atomic E-state index is 0.0642. The van der Waals surface area contributed by atoms with Crippen LogP contribution in [0.3, 0.4) is 0 Å². The van der Waals surface area contributed by atoms with Crippen LogP contribution < -0.4 is 10.1 Å². The first-order valence-electron chi connectivity index (χ1n) is 8.50. The van der Waals surface area contributed by atoms with Crippen molar-refractivity contribution < 1.29 is 23.9 Å².